The van der Waals surface area contributed by atoms with E-state index < -0.39 is 6.09 Å². The number of piperidine rings is 1. The minimum Gasteiger partial charge on any atom is -0.465 e. The summed E-state index contributed by atoms with van der Waals surface area (Å²) in [6.45, 7) is 8.11. The van der Waals surface area contributed by atoms with Gasteiger partial charge in [0.2, 0.25) is 0 Å². The molecule has 0 unspecified atom stereocenters. The number of rotatable bonds is 5. The van der Waals surface area contributed by atoms with Crippen LogP contribution in [0.3, 0.4) is 0 Å². The van der Waals surface area contributed by atoms with Gasteiger partial charge in [0.15, 0.2) is 0 Å². The van der Waals surface area contributed by atoms with Crippen molar-refractivity contribution in [3.05, 3.63) is 0 Å². The molecule has 94 valence electrons. The number of amides is 1. The molecule has 1 fully saturated rings. The highest BCUT2D eigenvalue weighted by atomic mass is 16.4. The summed E-state index contributed by atoms with van der Waals surface area (Å²) in [7, 11) is 0. The van der Waals surface area contributed by atoms with Gasteiger partial charge in [-0.15, -0.1) is 0 Å². The number of carbonyl (C=O) groups is 1. The predicted octanol–water partition coefficient (Wildman–Crippen LogP) is 2.25. The molecule has 1 N–H and O–H groups in total. The normalized spacial score (nSPS) is 18.6. The minimum atomic E-state index is -0.747. The lowest BCUT2D eigenvalue weighted by Crippen LogP contribution is -2.47. The van der Waals surface area contributed by atoms with Crippen LogP contribution in [-0.2, 0) is 0 Å². The quantitative estimate of drug-likeness (QED) is 0.785. The zero-order valence-corrected chi connectivity index (χ0v) is 10.5. The van der Waals surface area contributed by atoms with E-state index in [9.17, 15) is 9.90 Å². The molecule has 16 heavy (non-hydrogen) atoms. The van der Waals surface area contributed by atoms with Gasteiger partial charge in [-0.3, -0.25) is 0 Å². The van der Waals surface area contributed by atoms with Crippen LogP contribution in [0.2, 0.25) is 0 Å². The highest BCUT2D eigenvalue weighted by molar-refractivity contribution is 5.65. The van der Waals surface area contributed by atoms with Crippen LogP contribution in [0, 0.1) is 0 Å². The van der Waals surface area contributed by atoms with Crippen molar-refractivity contribution in [1.29, 1.82) is 0 Å². The fourth-order valence-corrected chi connectivity index (χ4v) is 2.31. The molecule has 1 heterocycles. The summed E-state index contributed by atoms with van der Waals surface area (Å²) in [6, 6.07) is 0.242. The summed E-state index contributed by atoms with van der Waals surface area (Å²) in [5.41, 5.74) is 0. The number of hydrogen-bond donors (Lipinski definition) is 1. The lowest BCUT2D eigenvalue weighted by Gasteiger charge is -2.36. The van der Waals surface area contributed by atoms with Crippen LogP contribution in [0.15, 0.2) is 0 Å². The van der Waals surface area contributed by atoms with Crippen molar-refractivity contribution in [2.75, 3.05) is 26.2 Å². The van der Waals surface area contributed by atoms with Crippen LogP contribution in [0.4, 0.5) is 4.79 Å². The van der Waals surface area contributed by atoms with E-state index in [4.69, 9.17) is 0 Å². The van der Waals surface area contributed by atoms with Crippen LogP contribution >= 0.6 is 0 Å². The van der Waals surface area contributed by atoms with E-state index in [-0.39, 0.29) is 6.04 Å². The van der Waals surface area contributed by atoms with Crippen LogP contribution < -0.4 is 0 Å². The molecule has 1 aliphatic rings. The molecule has 0 aromatic heterocycles. The predicted molar refractivity (Wildman–Crippen MR) is 64.8 cm³/mol. The third-order valence-electron chi connectivity index (χ3n) is 3.44. The number of unbranched alkanes of at least 4 members (excludes halogenated alkanes) is 1. The number of nitrogens with zero attached hydrogens (tertiary/aromatic N) is 2. The van der Waals surface area contributed by atoms with Crippen molar-refractivity contribution < 1.29 is 9.90 Å². The van der Waals surface area contributed by atoms with Gasteiger partial charge in [0.1, 0.15) is 0 Å². The zero-order valence-electron chi connectivity index (χ0n) is 10.5. The van der Waals surface area contributed by atoms with Crippen molar-refractivity contribution in [2.45, 2.75) is 45.6 Å². The first-order valence-corrected chi connectivity index (χ1v) is 6.41. The number of likely N-dealkylation sites (tertiary alicyclic amines) is 1. The molecular weight excluding hydrogens is 204 g/mol. The maximum Gasteiger partial charge on any atom is 0.407 e. The second-order valence-corrected chi connectivity index (χ2v) is 4.49. The van der Waals surface area contributed by atoms with Crippen molar-refractivity contribution in [3.8, 4) is 0 Å². The lowest BCUT2D eigenvalue weighted by molar-refractivity contribution is 0.0914. The molecule has 0 atom stereocenters. The molecule has 0 spiro atoms. The van der Waals surface area contributed by atoms with E-state index in [2.05, 4.69) is 18.7 Å². The fraction of sp³-hybridized carbons (Fsp3) is 0.917. The molecule has 1 saturated heterocycles. The molecule has 0 bridgehead atoms. The van der Waals surface area contributed by atoms with Crippen molar-refractivity contribution in [3.63, 3.8) is 0 Å². The molecule has 0 aromatic rings. The second kappa shape index (κ2) is 6.74. The van der Waals surface area contributed by atoms with E-state index in [0.717, 1.165) is 45.3 Å². The average Bonchev–Trinajstić information content (AvgIpc) is 2.30. The van der Waals surface area contributed by atoms with Gasteiger partial charge < -0.3 is 14.9 Å². The molecule has 0 aliphatic carbocycles. The largest absolute Gasteiger partial charge is 0.465 e. The van der Waals surface area contributed by atoms with Crippen molar-refractivity contribution in [1.82, 2.24) is 9.80 Å². The maximum atomic E-state index is 11.2. The summed E-state index contributed by atoms with van der Waals surface area (Å²) in [4.78, 5) is 15.2. The summed E-state index contributed by atoms with van der Waals surface area (Å²) < 4.78 is 0. The Labute approximate surface area is 98.2 Å². The van der Waals surface area contributed by atoms with Crippen molar-refractivity contribution >= 4 is 6.09 Å². The lowest BCUT2D eigenvalue weighted by atomic mass is 10.0. The Balaban J connectivity index is 2.43. The minimum absolute atomic E-state index is 0.242. The van der Waals surface area contributed by atoms with Crippen LogP contribution in [0.5, 0.6) is 0 Å². The first-order valence-electron chi connectivity index (χ1n) is 6.41. The Morgan fingerprint density at radius 3 is 2.44 bits per heavy atom. The number of hydrogen-bond acceptors (Lipinski definition) is 2. The number of carboxylic acid groups (broad SMARTS) is 1. The molecule has 1 rings (SSSR count). The monoisotopic (exact) mass is 228 g/mol. The third kappa shape index (κ3) is 3.67. The SMILES string of the molecule is CCCCN(C(=O)O)C1CCN(CC)CC1. The molecule has 4 nitrogen and oxygen atoms in total. The second-order valence-electron chi connectivity index (χ2n) is 4.49. The molecular formula is C12H24N2O2. The highest BCUT2D eigenvalue weighted by Crippen LogP contribution is 2.17. The molecule has 1 aliphatic heterocycles. The van der Waals surface area contributed by atoms with Crippen LogP contribution in [0.25, 0.3) is 0 Å². The van der Waals surface area contributed by atoms with E-state index in [1.54, 1.807) is 4.90 Å². The Kier molecular flexibility index (Phi) is 5.60. The molecule has 0 radical (unpaired) electrons. The average molecular weight is 228 g/mol. The van der Waals surface area contributed by atoms with Crippen LogP contribution in [-0.4, -0.2) is 53.2 Å². The Bertz CT molecular complexity index is 213. The molecule has 0 saturated carbocycles. The van der Waals surface area contributed by atoms with Gasteiger partial charge in [0, 0.05) is 25.7 Å². The molecule has 1 amide bonds. The summed E-state index contributed by atoms with van der Waals surface area (Å²) in [5, 5.41) is 9.19. The first-order chi connectivity index (χ1) is 7.69. The van der Waals surface area contributed by atoms with Gasteiger partial charge in [-0.2, -0.15) is 0 Å². The van der Waals surface area contributed by atoms with Gasteiger partial charge in [0.25, 0.3) is 0 Å². The zero-order chi connectivity index (χ0) is 12.0. The molecule has 0 aromatic carbocycles. The highest BCUT2D eigenvalue weighted by Gasteiger charge is 2.26. The Hall–Kier alpha value is -0.770. The fourth-order valence-electron chi connectivity index (χ4n) is 2.31. The van der Waals surface area contributed by atoms with Gasteiger partial charge in [0.05, 0.1) is 0 Å². The third-order valence-corrected chi connectivity index (χ3v) is 3.44. The van der Waals surface area contributed by atoms with Crippen molar-refractivity contribution in [2.24, 2.45) is 0 Å². The van der Waals surface area contributed by atoms with Crippen LogP contribution in [0.1, 0.15) is 39.5 Å². The molecule has 4 heteroatoms. The van der Waals surface area contributed by atoms with E-state index in [1.807, 2.05) is 0 Å². The Morgan fingerprint density at radius 2 is 2.00 bits per heavy atom. The summed E-state index contributed by atoms with van der Waals surface area (Å²) in [5.74, 6) is 0. The maximum absolute atomic E-state index is 11.2. The standard InChI is InChI=1S/C12H24N2O2/c1-3-5-8-14(12(15)16)11-6-9-13(4-2)10-7-11/h11H,3-10H2,1-2H3,(H,15,16). The van der Waals surface area contributed by atoms with E-state index in [1.165, 1.54) is 0 Å². The van der Waals surface area contributed by atoms with Gasteiger partial charge in [-0.25, -0.2) is 4.79 Å². The van der Waals surface area contributed by atoms with Gasteiger partial charge in [-0.1, -0.05) is 20.3 Å². The topological polar surface area (TPSA) is 43.8 Å². The first kappa shape index (κ1) is 13.3. The van der Waals surface area contributed by atoms with Gasteiger partial charge in [-0.05, 0) is 25.8 Å². The van der Waals surface area contributed by atoms with E-state index >= 15 is 0 Å². The van der Waals surface area contributed by atoms with E-state index in [0.29, 0.717) is 6.54 Å². The van der Waals surface area contributed by atoms with Gasteiger partial charge >= 0.3 is 6.09 Å². The Morgan fingerprint density at radius 1 is 1.38 bits per heavy atom. The summed E-state index contributed by atoms with van der Waals surface area (Å²) >= 11 is 0. The smallest absolute Gasteiger partial charge is 0.407 e. The summed E-state index contributed by atoms with van der Waals surface area (Å²) in [6.07, 6.45) is 3.26.